The molecule has 7 heteroatoms. The van der Waals surface area contributed by atoms with Crippen molar-refractivity contribution in [1.82, 2.24) is 0 Å². The topological polar surface area (TPSA) is 110 Å². The van der Waals surface area contributed by atoms with E-state index in [1.54, 1.807) is 0 Å². The van der Waals surface area contributed by atoms with E-state index in [9.17, 15) is 14.4 Å². The summed E-state index contributed by atoms with van der Waals surface area (Å²) in [5.41, 5.74) is 0.176. The van der Waals surface area contributed by atoms with Crippen molar-refractivity contribution in [3.8, 4) is 0 Å². The molecule has 7 nitrogen and oxygen atoms in total. The number of carbonyl (C=O) groups is 3. The molecule has 20 heavy (non-hydrogen) atoms. The Bertz CT molecular complexity index is 348. The summed E-state index contributed by atoms with van der Waals surface area (Å²) >= 11 is 0. The van der Waals surface area contributed by atoms with E-state index in [-0.39, 0.29) is 18.8 Å². The smallest absolute Gasteiger partial charge is 0.330 e. The number of aliphatic carboxylic acids is 1. The lowest BCUT2D eigenvalue weighted by atomic mass is 10.4. The van der Waals surface area contributed by atoms with E-state index >= 15 is 0 Å². The first-order valence-corrected chi connectivity index (χ1v) is 5.39. The molecule has 0 spiro atoms. The third kappa shape index (κ3) is 13.7. The number of carboxylic acids is 1. The summed E-state index contributed by atoms with van der Waals surface area (Å²) in [5.74, 6) is -2.21. The molecule has 2 N–H and O–H groups in total. The van der Waals surface area contributed by atoms with Crippen LogP contribution < -0.4 is 0 Å². The van der Waals surface area contributed by atoms with E-state index < -0.39 is 24.0 Å². The molecule has 0 aliphatic carbocycles. The van der Waals surface area contributed by atoms with Crippen molar-refractivity contribution in [3.05, 3.63) is 37.5 Å². The predicted octanol–water partition coefficient (Wildman–Crippen LogP) is 0.453. The molecule has 0 radical (unpaired) electrons. The summed E-state index contributed by atoms with van der Waals surface area (Å²) in [7, 11) is 0. The van der Waals surface area contributed by atoms with Crippen molar-refractivity contribution in [2.24, 2.45) is 0 Å². The molecule has 0 aromatic carbocycles. The molecule has 0 rings (SSSR count). The normalized spacial score (nSPS) is 8.75. The van der Waals surface area contributed by atoms with Crippen molar-refractivity contribution in [2.75, 3.05) is 13.2 Å². The van der Waals surface area contributed by atoms with Crippen LogP contribution in [0.25, 0.3) is 0 Å². The van der Waals surface area contributed by atoms with Crippen LogP contribution in [0.5, 0.6) is 0 Å². The maximum absolute atomic E-state index is 10.5. The molecule has 112 valence electrons. The minimum absolute atomic E-state index is 0.176. The molecule has 0 fully saturated rings. The highest BCUT2D eigenvalue weighted by Crippen LogP contribution is 1.90. The molecule has 0 saturated carbocycles. The van der Waals surface area contributed by atoms with Gasteiger partial charge >= 0.3 is 17.9 Å². The van der Waals surface area contributed by atoms with Gasteiger partial charge in [-0.15, -0.1) is 0 Å². The minimum Gasteiger partial charge on any atom is -0.478 e. The number of esters is 2. The number of carbonyl (C=O) groups excluding carboxylic acids is 2. The van der Waals surface area contributed by atoms with Gasteiger partial charge in [0.05, 0.1) is 0 Å². The fourth-order valence-corrected chi connectivity index (χ4v) is 0.523. The summed E-state index contributed by atoms with van der Waals surface area (Å²) in [6.45, 7) is 10.5. The molecule has 0 saturated heterocycles. The van der Waals surface area contributed by atoms with Gasteiger partial charge in [0, 0.05) is 17.7 Å². The van der Waals surface area contributed by atoms with Crippen molar-refractivity contribution in [2.45, 2.75) is 13.0 Å². The molecule has 0 aromatic rings. The lowest BCUT2D eigenvalue weighted by Crippen LogP contribution is -2.24. The molecule has 0 heterocycles. The van der Waals surface area contributed by atoms with Crippen LogP contribution in [0.3, 0.4) is 0 Å². The Labute approximate surface area is 116 Å². The quantitative estimate of drug-likeness (QED) is 0.516. The highest BCUT2D eigenvalue weighted by Gasteiger charge is 2.08. The second kappa shape index (κ2) is 11.7. The molecule has 0 atom stereocenters. The second-order valence-corrected chi connectivity index (χ2v) is 3.41. The summed E-state index contributed by atoms with van der Waals surface area (Å²) < 4.78 is 8.99. The van der Waals surface area contributed by atoms with E-state index in [0.717, 1.165) is 12.2 Å². The second-order valence-electron chi connectivity index (χ2n) is 3.41. The Balaban J connectivity index is 0. The van der Waals surface area contributed by atoms with E-state index in [2.05, 4.69) is 29.2 Å². The Hall–Kier alpha value is -2.41. The van der Waals surface area contributed by atoms with Gasteiger partial charge < -0.3 is 19.7 Å². The van der Waals surface area contributed by atoms with Crippen LogP contribution in [-0.4, -0.2) is 47.4 Å². The largest absolute Gasteiger partial charge is 0.478 e. The van der Waals surface area contributed by atoms with Gasteiger partial charge in [-0.05, 0) is 6.92 Å². The van der Waals surface area contributed by atoms with Crippen LogP contribution in [-0.2, 0) is 23.9 Å². The van der Waals surface area contributed by atoms with Crippen LogP contribution >= 0.6 is 0 Å². The monoisotopic (exact) mass is 286 g/mol. The minimum atomic E-state index is -1.04. The standard InChI is InChI=1S/C9H12O5.C4H6O2/c1-3-8(11)13-5-7(10)6-14-9(12)4-2;1-3(2)4(5)6/h3-4,7,10H,1-2,5-6H2;1H2,2H3,(H,5,6). The number of ether oxygens (including phenoxy) is 2. The molecule has 0 aromatic heterocycles. The summed E-state index contributed by atoms with van der Waals surface area (Å²) in [5, 5.41) is 17.0. The predicted molar refractivity (Wildman–Crippen MR) is 70.8 cm³/mol. The SMILES string of the molecule is C=C(C)C(=O)O.C=CC(=O)OCC(O)COC(=O)C=C. The zero-order valence-electron chi connectivity index (χ0n) is 11.2. The average molecular weight is 286 g/mol. The van der Waals surface area contributed by atoms with Crippen molar-refractivity contribution in [1.29, 1.82) is 0 Å². The van der Waals surface area contributed by atoms with Gasteiger partial charge in [-0.2, -0.15) is 0 Å². The fraction of sp³-hybridized carbons (Fsp3) is 0.308. The number of rotatable bonds is 7. The number of carboxylic acid groups (broad SMARTS) is 1. The van der Waals surface area contributed by atoms with Crippen LogP contribution in [0.2, 0.25) is 0 Å². The molecule has 0 amide bonds. The number of hydrogen-bond donors (Lipinski definition) is 2. The molecular formula is C13H18O7. The van der Waals surface area contributed by atoms with E-state index in [4.69, 9.17) is 10.2 Å². The molecule has 0 aliphatic heterocycles. The summed E-state index contributed by atoms with van der Waals surface area (Å²) in [6.07, 6.45) is 0.910. The van der Waals surface area contributed by atoms with Crippen LogP contribution in [0.1, 0.15) is 6.92 Å². The lowest BCUT2D eigenvalue weighted by Gasteiger charge is -2.09. The highest BCUT2D eigenvalue weighted by molar-refractivity contribution is 5.84. The number of hydrogen-bond acceptors (Lipinski definition) is 6. The van der Waals surface area contributed by atoms with Gasteiger partial charge in [0.15, 0.2) is 0 Å². The Morgan fingerprint density at radius 3 is 1.60 bits per heavy atom. The van der Waals surface area contributed by atoms with Crippen LogP contribution in [0.15, 0.2) is 37.5 Å². The Morgan fingerprint density at radius 1 is 1.10 bits per heavy atom. The van der Waals surface area contributed by atoms with Gasteiger partial charge in [0.1, 0.15) is 19.3 Å². The Kier molecular flexibility index (Phi) is 11.6. The van der Waals surface area contributed by atoms with Crippen molar-refractivity contribution in [3.63, 3.8) is 0 Å². The number of aliphatic hydroxyl groups is 1. The van der Waals surface area contributed by atoms with Gasteiger partial charge in [0.2, 0.25) is 0 Å². The lowest BCUT2D eigenvalue weighted by molar-refractivity contribution is -0.146. The number of aliphatic hydroxyl groups excluding tert-OH is 1. The van der Waals surface area contributed by atoms with E-state index in [0.29, 0.717) is 0 Å². The summed E-state index contributed by atoms with van der Waals surface area (Å²) in [6, 6.07) is 0. The first-order chi connectivity index (χ1) is 9.24. The van der Waals surface area contributed by atoms with Crippen molar-refractivity contribution >= 4 is 17.9 Å². The fourth-order valence-electron chi connectivity index (χ4n) is 0.523. The average Bonchev–Trinajstić information content (AvgIpc) is 2.42. The molecule has 0 bridgehead atoms. The third-order valence-electron chi connectivity index (χ3n) is 1.53. The van der Waals surface area contributed by atoms with Crippen LogP contribution in [0, 0.1) is 0 Å². The van der Waals surface area contributed by atoms with E-state index in [1.807, 2.05) is 0 Å². The summed E-state index contributed by atoms with van der Waals surface area (Å²) in [4.78, 5) is 30.7. The van der Waals surface area contributed by atoms with Gasteiger partial charge in [0.25, 0.3) is 0 Å². The maximum Gasteiger partial charge on any atom is 0.330 e. The van der Waals surface area contributed by atoms with Crippen molar-refractivity contribution < 1.29 is 34.1 Å². The van der Waals surface area contributed by atoms with Crippen LogP contribution in [0.4, 0.5) is 0 Å². The first kappa shape index (κ1) is 19.9. The van der Waals surface area contributed by atoms with Gasteiger partial charge in [-0.3, -0.25) is 0 Å². The zero-order valence-corrected chi connectivity index (χ0v) is 11.2. The maximum atomic E-state index is 10.5. The zero-order chi connectivity index (χ0) is 16.1. The highest BCUT2D eigenvalue weighted by atomic mass is 16.6. The molecule has 0 aliphatic rings. The first-order valence-electron chi connectivity index (χ1n) is 5.39. The van der Waals surface area contributed by atoms with E-state index in [1.165, 1.54) is 6.92 Å². The Morgan fingerprint density at radius 2 is 1.40 bits per heavy atom. The van der Waals surface area contributed by atoms with Gasteiger partial charge in [-0.1, -0.05) is 19.7 Å². The molecule has 0 unspecified atom stereocenters. The molecular weight excluding hydrogens is 268 g/mol. The van der Waals surface area contributed by atoms with Gasteiger partial charge in [-0.25, -0.2) is 14.4 Å². The third-order valence-corrected chi connectivity index (χ3v) is 1.53.